The van der Waals surface area contributed by atoms with Gasteiger partial charge >= 0.3 is 13.2 Å². The number of anilines is 1. The minimum absolute atomic E-state index is 0.368. The van der Waals surface area contributed by atoms with Gasteiger partial charge in [-0.2, -0.15) is 0 Å². The Morgan fingerprint density at radius 2 is 2.10 bits per heavy atom. The van der Waals surface area contributed by atoms with E-state index in [1.54, 1.807) is 6.07 Å². The summed E-state index contributed by atoms with van der Waals surface area (Å²) in [7, 11) is -0.368. The number of hydrogen-bond donors (Lipinski definition) is 1. The lowest BCUT2D eigenvalue weighted by Crippen LogP contribution is -2.31. The number of ether oxygens (including phenoxy) is 2. The monoisotopic (exact) mass is 291 g/mol. The maximum Gasteiger partial charge on any atom is 0.498 e. The summed E-state index contributed by atoms with van der Waals surface area (Å²) in [5.74, 6) is 0.693. The van der Waals surface area contributed by atoms with Crippen LogP contribution in [0.2, 0.25) is 0 Å². The highest BCUT2D eigenvalue weighted by Crippen LogP contribution is 2.26. The number of amides is 1. The van der Waals surface area contributed by atoms with Gasteiger partial charge in [-0.05, 0) is 32.4 Å². The topological polar surface area (TPSA) is 66.0 Å². The molecule has 0 saturated carbocycles. The molecule has 7 heteroatoms. The van der Waals surface area contributed by atoms with Crippen LogP contribution >= 0.6 is 0 Å². The summed E-state index contributed by atoms with van der Waals surface area (Å²) in [6.45, 7) is 6.85. The Balaban J connectivity index is 1.82. The molecule has 0 unspecified atom stereocenters. The van der Waals surface area contributed by atoms with Crippen molar-refractivity contribution in [1.29, 1.82) is 0 Å². The normalized spacial score (nSPS) is 16.8. The van der Waals surface area contributed by atoms with E-state index < -0.39 is 11.7 Å². The molecule has 0 saturated heterocycles. The van der Waals surface area contributed by atoms with E-state index in [1.807, 2.05) is 26.8 Å². The van der Waals surface area contributed by atoms with Gasteiger partial charge in [-0.25, -0.2) is 4.79 Å². The second-order valence-corrected chi connectivity index (χ2v) is 6.04. The minimum Gasteiger partial charge on any atom is -0.492 e. The Morgan fingerprint density at radius 3 is 2.86 bits per heavy atom. The van der Waals surface area contributed by atoms with Crippen LogP contribution in [-0.4, -0.2) is 32.0 Å². The van der Waals surface area contributed by atoms with Crippen LogP contribution in [0.15, 0.2) is 12.1 Å². The molecule has 0 radical (unpaired) electrons. The first kappa shape index (κ1) is 14.2. The molecule has 3 rings (SSSR count). The summed E-state index contributed by atoms with van der Waals surface area (Å²) in [4.78, 5) is 11.8. The molecular formula is C14H18BNO5. The van der Waals surface area contributed by atoms with Crippen molar-refractivity contribution in [1.82, 2.24) is 0 Å². The van der Waals surface area contributed by atoms with Crippen molar-refractivity contribution in [2.45, 2.75) is 33.0 Å². The highest BCUT2D eigenvalue weighted by molar-refractivity contribution is 6.64. The van der Waals surface area contributed by atoms with Gasteiger partial charge in [0.25, 0.3) is 0 Å². The van der Waals surface area contributed by atoms with Crippen molar-refractivity contribution >= 4 is 24.4 Å². The van der Waals surface area contributed by atoms with E-state index in [4.69, 9.17) is 18.8 Å². The van der Waals surface area contributed by atoms with Crippen molar-refractivity contribution in [3.05, 3.63) is 17.7 Å². The van der Waals surface area contributed by atoms with Crippen molar-refractivity contribution in [2.24, 2.45) is 0 Å². The number of rotatable bonds is 1. The van der Waals surface area contributed by atoms with Crippen LogP contribution in [0.4, 0.5) is 10.5 Å². The fourth-order valence-corrected chi connectivity index (χ4v) is 2.37. The van der Waals surface area contributed by atoms with Crippen molar-refractivity contribution < 1.29 is 23.6 Å². The van der Waals surface area contributed by atoms with Crippen molar-refractivity contribution in [3.8, 4) is 5.75 Å². The van der Waals surface area contributed by atoms with E-state index in [0.29, 0.717) is 31.3 Å². The molecule has 1 N–H and O–H groups in total. The van der Waals surface area contributed by atoms with Gasteiger partial charge in [0.05, 0.1) is 13.2 Å². The molecule has 6 nitrogen and oxygen atoms in total. The number of hydrogen-bond acceptors (Lipinski definition) is 5. The third kappa shape index (κ3) is 3.14. The second kappa shape index (κ2) is 5.24. The first-order valence-electron chi connectivity index (χ1n) is 6.95. The van der Waals surface area contributed by atoms with Gasteiger partial charge < -0.3 is 18.8 Å². The summed E-state index contributed by atoms with van der Waals surface area (Å²) >= 11 is 0. The number of carbonyl (C=O) groups is 1. The summed E-state index contributed by atoms with van der Waals surface area (Å²) in [6.07, 6.45) is -0.491. The standard InChI is InChI=1S/C14H18BNO5/c1-14(2,3)21-13(17)16-10-6-9-8-20-15-12(9)11(7-10)18-4-5-19-15/h6-7H,4-5,8H2,1-3H3,(H,16,17). The van der Waals surface area contributed by atoms with Crippen LogP contribution in [0.1, 0.15) is 26.3 Å². The van der Waals surface area contributed by atoms with E-state index in [1.165, 1.54) is 0 Å². The molecule has 0 aromatic heterocycles. The van der Waals surface area contributed by atoms with E-state index in [2.05, 4.69) is 5.32 Å². The Bertz CT molecular complexity index is 569. The van der Waals surface area contributed by atoms with Crippen LogP contribution in [-0.2, 0) is 20.7 Å². The molecule has 0 atom stereocenters. The van der Waals surface area contributed by atoms with Crippen LogP contribution in [0.25, 0.3) is 0 Å². The first-order chi connectivity index (χ1) is 9.92. The molecule has 1 amide bonds. The highest BCUT2D eigenvalue weighted by atomic mass is 16.6. The quantitative estimate of drug-likeness (QED) is 0.797. The molecule has 0 aliphatic carbocycles. The molecule has 1 aromatic rings. The smallest absolute Gasteiger partial charge is 0.492 e. The summed E-state index contributed by atoms with van der Waals surface area (Å²) in [5.41, 5.74) is 1.97. The zero-order chi connectivity index (χ0) is 15.0. The predicted molar refractivity (Wildman–Crippen MR) is 77.9 cm³/mol. The lowest BCUT2D eigenvalue weighted by atomic mass is 9.78. The molecule has 2 aliphatic rings. The zero-order valence-electron chi connectivity index (χ0n) is 12.4. The molecule has 2 aliphatic heterocycles. The van der Waals surface area contributed by atoms with Crippen molar-refractivity contribution in [2.75, 3.05) is 18.5 Å². The average Bonchev–Trinajstić information content (AvgIpc) is 2.63. The largest absolute Gasteiger partial charge is 0.498 e. The maximum atomic E-state index is 11.8. The number of carbonyl (C=O) groups excluding carboxylic acids is 1. The number of benzene rings is 1. The predicted octanol–water partition coefficient (Wildman–Crippen LogP) is 1.67. The molecule has 1 aromatic carbocycles. The van der Waals surface area contributed by atoms with Gasteiger partial charge in [0, 0.05) is 17.2 Å². The molecule has 2 heterocycles. The lowest BCUT2D eigenvalue weighted by molar-refractivity contribution is 0.0636. The zero-order valence-corrected chi connectivity index (χ0v) is 12.4. The number of nitrogens with one attached hydrogen (secondary N) is 1. The third-order valence-corrected chi connectivity index (χ3v) is 3.11. The maximum absolute atomic E-state index is 11.8. The van der Waals surface area contributed by atoms with E-state index >= 15 is 0 Å². The van der Waals surface area contributed by atoms with Gasteiger partial charge in [0.1, 0.15) is 18.0 Å². The van der Waals surface area contributed by atoms with Gasteiger partial charge in [-0.15, -0.1) is 0 Å². The molecule has 0 spiro atoms. The molecule has 0 bridgehead atoms. The van der Waals surface area contributed by atoms with Crippen LogP contribution in [0.3, 0.4) is 0 Å². The molecule has 21 heavy (non-hydrogen) atoms. The van der Waals surface area contributed by atoms with Crippen LogP contribution in [0, 0.1) is 0 Å². The third-order valence-electron chi connectivity index (χ3n) is 3.11. The van der Waals surface area contributed by atoms with E-state index in [0.717, 1.165) is 11.0 Å². The summed E-state index contributed by atoms with van der Waals surface area (Å²) < 4.78 is 22.1. The van der Waals surface area contributed by atoms with Gasteiger partial charge in [0.15, 0.2) is 0 Å². The highest BCUT2D eigenvalue weighted by Gasteiger charge is 2.36. The molecule has 112 valence electrons. The second-order valence-electron chi connectivity index (χ2n) is 6.04. The Labute approximate surface area is 123 Å². The van der Waals surface area contributed by atoms with E-state index in [-0.39, 0.29) is 7.12 Å². The average molecular weight is 291 g/mol. The Morgan fingerprint density at radius 1 is 1.29 bits per heavy atom. The Kier molecular flexibility index (Phi) is 3.55. The van der Waals surface area contributed by atoms with E-state index in [9.17, 15) is 4.79 Å². The van der Waals surface area contributed by atoms with Crippen LogP contribution < -0.4 is 15.5 Å². The Hall–Kier alpha value is -1.73. The van der Waals surface area contributed by atoms with Crippen LogP contribution in [0.5, 0.6) is 5.75 Å². The fraction of sp³-hybridized carbons (Fsp3) is 0.500. The van der Waals surface area contributed by atoms with Gasteiger partial charge in [-0.3, -0.25) is 5.32 Å². The summed E-state index contributed by atoms with van der Waals surface area (Å²) in [5, 5.41) is 2.72. The lowest BCUT2D eigenvalue weighted by Gasteiger charge is -2.20. The van der Waals surface area contributed by atoms with Gasteiger partial charge in [0.2, 0.25) is 0 Å². The SMILES string of the molecule is CC(C)(C)OC(=O)Nc1cc2c3c(c1)OCCOB3OC2. The van der Waals surface area contributed by atoms with Gasteiger partial charge in [-0.1, -0.05) is 0 Å². The first-order valence-corrected chi connectivity index (χ1v) is 6.95. The van der Waals surface area contributed by atoms with Crippen molar-refractivity contribution in [3.63, 3.8) is 0 Å². The molecule has 0 fully saturated rings. The fourth-order valence-electron chi connectivity index (χ4n) is 2.37. The summed E-state index contributed by atoms with van der Waals surface area (Å²) in [6, 6.07) is 3.64. The minimum atomic E-state index is -0.537. The molecular weight excluding hydrogens is 273 g/mol.